The van der Waals surface area contributed by atoms with Gasteiger partial charge in [-0.25, -0.2) is 9.78 Å². The van der Waals surface area contributed by atoms with Gasteiger partial charge in [-0.2, -0.15) is 0 Å². The first-order valence-electron chi connectivity index (χ1n) is 8.94. The van der Waals surface area contributed by atoms with Gasteiger partial charge in [0.05, 0.1) is 24.2 Å². The van der Waals surface area contributed by atoms with Gasteiger partial charge in [0.2, 0.25) is 0 Å². The molecule has 2 amide bonds. The normalized spacial score (nSPS) is 17.4. The molecule has 2 aromatic carbocycles. The molecule has 26 heavy (non-hydrogen) atoms. The Morgan fingerprint density at radius 3 is 2.96 bits per heavy atom. The van der Waals surface area contributed by atoms with Crippen molar-refractivity contribution in [2.24, 2.45) is 0 Å². The van der Waals surface area contributed by atoms with E-state index in [1.54, 1.807) is 4.90 Å². The molecule has 2 heterocycles. The third-order valence-electron chi connectivity index (χ3n) is 4.64. The molecular formula is C20H22N4O2. The Morgan fingerprint density at radius 1 is 1.31 bits per heavy atom. The van der Waals surface area contributed by atoms with Crippen LogP contribution in [0, 0.1) is 0 Å². The number of carbonyl (C=O) groups excluding carboxylic acids is 1. The van der Waals surface area contributed by atoms with Crippen molar-refractivity contribution in [2.45, 2.75) is 19.4 Å². The molecule has 0 bridgehead atoms. The fraction of sp³-hybridized carbons (Fsp3) is 0.300. The van der Waals surface area contributed by atoms with Crippen molar-refractivity contribution >= 4 is 22.8 Å². The van der Waals surface area contributed by atoms with E-state index in [9.17, 15) is 4.79 Å². The smallest absolute Gasteiger partial charge is 0.322 e. The molecule has 0 radical (unpaired) electrons. The van der Waals surface area contributed by atoms with Crippen molar-refractivity contribution in [3.8, 4) is 0 Å². The van der Waals surface area contributed by atoms with E-state index in [-0.39, 0.29) is 12.1 Å². The van der Waals surface area contributed by atoms with Gasteiger partial charge in [-0.15, -0.1) is 0 Å². The summed E-state index contributed by atoms with van der Waals surface area (Å²) >= 11 is 0. The number of anilines is 1. The summed E-state index contributed by atoms with van der Waals surface area (Å²) in [7, 11) is 0. The van der Waals surface area contributed by atoms with Crippen molar-refractivity contribution in [1.82, 2.24) is 14.9 Å². The summed E-state index contributed by atoms with van der Waals surface area (Å²) in [4.78, 5) is 22.2. The highest BCUT2D eigenvalue weighted by Crippen LogP contribution is 2.23. The van der Waals surface area contributed by atoms with Crippen LogP contribution in [0.15, 0.2) is 48.5 Å². The molecule has 0 unspecified atom stereocenters. The van der Waals surface area contributed by atoms with Gasteiger partial charge in [0, 0.05) is 18.7 Å². The predicted molar refractivity (Wildman–Crippen MR) is 101 cm³/mol. The highest BCUT2D eigenvalue weighted by atomic mass is 16.5. The minimum atomic E-state index is -0.108. The summed E-state index contributed by atoms with van der Waals surface area (Å²) in [5, 5.41) is 2.99. The van der Waals surface area contributed by atoms with E-state index in [0.29, 0.717) is 19.7 Å². The summed E-state index contributed by atoms with van der Waals surface area (Å²) < 4.78 is 5.83. The Bertz CT molecular complexity index is 907. The minimum absolute atomic E-state index is 0.0853. The first-order valence-corrected chi connectivity index (χ1v) is 8.94. The van der Waals surface area contributed by atoms with Crippen molar-refractivity contribution < 1.29 is 9.53 Å². The number of amides is 2. The Kier molecular flexibility index (Phi) is 4.58. The minimum Gasteiger partial charge on any atom is -0.370 e. The quantitative estimate of drug-likeness (QED) is 0.756. The molecule has 1 saturated heterocycles. The molecule has 4 rings (SSSR count). The highest BCUT2D eigenvalue weighted by Gasteiger charge is 2.25. The molecule has 0 spiro atoms. The number of morpholine rings is 1. The van der Waals surface area contributed by atoms with Crippen molar-refractivity contribution in [1.29, 1.82) is 0 Å². The lowest BCUT2D eigenvalue weighted by Crippen LogP contribution is -2.44. The molecule has 1 aromatic heterocycles. The van der Waals surface area contributed by atoms with Crippen LogP contribution in [0.2, 0.25) is 0 Å². The number of H-pyrrole nitrogens is 1. The molecule has 1 atom stereocenters. The van der Waals surface area contributed by atoms with E-state index >= 15 is 0 Å². The Morgan fingerprint density at radius 2 is 2.15 bits per heavy atom. The molecule has 6 nitrogen and oxygen atoms in total. The number of rotatable bonds is 3. The van der Waals surface area contributed by atoms with E-state index in [0.717, 1.165) is 34.5 Å². The van der Waals surface area contributed by atoms with E-state index in [4.69, 9.17) is 4.74 Å². The number of carbonyl (C=O) groups is 1. The van der Waals surface area contributed by atoms with Gasteiger partial charge < -0.3 is 19.9 Å². The van der Waals surface area contributed by atoms with Crippen LogP contribution >= 0.6 is 0 Å². The fourth-order valence-corrected chi connectivity index (χ4v) is 3.21. The third kappa shape index (κ3) is 3.41. The van der Waals surface area contributed by atoms with Crippen LogP contribution in [0.25, 0.3) is 11.0 Å². The SMILES string of the molecule is CCc1nc2ccc(NC(=O)N3CCO[C@@H](c4ccccc4)C3)cc2[nH]1. The molecule has 1 aliphatic rings. The van der Waals surface area contributed by atoms with Crippen LogP contribution in [0.1, 0.15) is 24.4 Å². The molecular weight excluding hydrogens is 328 g/mol. The molecule has 134 valence electrons. The Hall–Kier alpha value is -2.86. The predicted octanol–water partition coefficient (Wildman–Crippen LogP) is 3.73. The number of fused-ring (bicyclic) bond motifs is 1. The lowest BCUT2D eigenvalue weighted by atomic mass is 10.1. The molecule has 3 aromatic rings. The van der Waals surface area contributed by atoms with Crippen LogP contribution in [0.3, 0.4) is 0 Å². The van der Waals surface area contributed by atoms with Gasteiger partial charge >= 0.3 is 6.03 Å². The number of urea groups is 1. The average Bonchev–Trinajstić information content (AvgIpc) is 3.11. The maximum absolute atomic E-state index is 12.7. The van der Waals surface area contributed by atoms with E-state index < -0.39 is 0 Å². The number of ether oxygens (including phenoxy) is 1. The Labute approximate surface area is 152 Å². The summed E-state index contributed by atoms with van der Waals surface area (Å²) in [6.07, 6.45) is 0.767. The maximum Gasteiger partial charge on any atom is 0.322 e. The topological polar surface area (TPSA) is 70.2 Å². The van der Waals surface area contributed by atoms with Gasteiger partial charge in [-0.05, 0) is 23.8 Å². The number of imidazole rings is 1. The molecule has 0 saturated carbocycles. The monoisotopic (exact) mass is 350 g/mol. The second-order valence-electron chi connectivity index (χ2n) is 6.42. The lowest BCUT2D eigenvalue weighted by Gasteiger charge is -2.33. The number of aromatic amines is 1. The number of nitrogens with one attached hydrogen (secondary N) is 2. The van der Waals surface area contributed by atoms with Crippen molar-refractivity contribution in [3.05, 3.63) is 59.9 Å². The molecule has 1 aliphatic heterocycles. The summed E-state index contributed by atoms with van der Waals surface area (Å²) in [5.74, 6) is 0.947. The number of aromatic nitrogens is 2. The van der Waals surface area contributed by atoms with E-state index in [2.05, 4.69) is 22.2 Å². The standard InChI is InChI=1S/C20H22N4O2/c1-2-19-22-16-9-8-15(12-17(16)23-19)21-20(25)24-10-11-26-18(13-24)14-6-4-3-5-7-14/h3-9,12,18H,2,10-11,13H2,1H3,(H,21,25)(H,22,23)/t18-/m1/s1. The fourth-order valence-electron chi connectivity index (χ4n) is 3.21. The van der Waals surface area contributed by atoms with E-state index in [1.165, 1.54) is 0 Å². The van der Waals surface area contributed by atoms with Crippen LogP contribution < -0.4 is 5.32 Å². The van der Waals surface area contributed by atoms with E-state index in [1.807, 2.05) is 48.5 Å². The lowest BCUT2D eigenvalue weighted by molar-refractivity contribution is -0.0135. The van der Waals surface area contributed by atoms with Crippen LogP contribution in [-0.4, -0.2) is 40.6 Å². The number of nitrogens with zero attached hydrogens (tertiary/aromatic N) is 2. The first-order chi connectivity index (χ1) is 12.7. The number of benzene rings is 2. The van der Waals surface area contributed by atoms with Gasteiger partial charge in [0.25, 0.3) is 0 Å². The zero-order valence-electron chi connectivity index (χ0n) is 14.7. The molecule has 2 N–H and O–H groups in total. The summed E-state index contributed by atoms with van der Waals surface area (Å²) in [5.41, 5.74) is 3.70. The molecule has 6 heteroatoms. The largest absolute Gasteiger partial charge is 0.370 e. The van der Waals surface area contributed by atoms with Gasteiger partial charge in [0.15, 0.2) is 0 Å². The first kappa shape index (κ1) is 16.6. The van der Waals surface area contributed by atoms with Crippen LogP contribution in [-0.2, 0) is 11.2 Å². The van der Waals surface area contributed by atoms with Gasteiger partial charge in [-0.3, -0.25) is 0 Å². The Balaban J connectivity index is 1.45. The molecule has 1 fully saturated rings. The summed E-state index contributed by atoms with van der Waals surface area (Å²) in [6, 6.07) is 15.6. The third-order valence-corrected chi connectivity index (χ3v) is 4.64. The average molecular weight is 350 g/mol. The highest BCUT2D eigenvalue weighted by molar-refractivity contribution is 5.92. The van der Waals surface area contributed by atoms with Gasteiger partial charge in [-0.1, -0.05) is 37.3 Å². The zero-order chi connectivity index (χ0) is 17.9. The zero-order valence-corrected chi connectivity index (χ0v) is 14.7. The maximum atomic E-state index is 12.7. The van der Waals surface area contributed by atoms with Crippen LogP contribution in [0.5, 0.6) is 0 Å². The second-order valence-corrected chi connectivity index (χ2v) is 6.42. The number of hydrogen-bond donors (Lipinski definition) is 2. The number of aryl methyl sites for hydroxylation is 1. The van der Waals surface area contributed by atoms with Gasteiger partial charge in [0.1, 0.15) is 11.9 Å². The summed E-state index contributed by atoms with van der Waals surface area (Å²) in [6.45, 7) is 3.72. The van der Waals surface area contributed by atoms with Crippen molar-refractivity contribution in [2.75, 3.05) is 25.0 Å². The van der Waals surface area contributed by atoms with Crippen molar-refractivity contribution in [3.63, 3.8) is 0 Å². The molecule has 0 aliphatic carbocycles. The van der Waals surface area contributed by atoms with Crippen LogP contribution in [0.4, 0.5) is 10.5 Å². The number of hydrogen-bond acceptors (Lipinski definition) is 3. The second kappa shape index (κ2) is 7.17.